The molecule has 0 heterocycles. The molecule has 0 saturated heterocycles. The number of halogens is 1. The summed E-state index contributed by atoms with van der Waals surface area (Å²) in [7, 11) is 0. The summed E-state index contributed by atoms with van der Waals surface area (Å²) in [6, 6.07) is 3.37. The molecule has 1 aromatic rings. The lowest BCUT2D eigenvalue weighted by atomic mass is 10.2. The van der Waals surface area contributed by atoms with Crippen LogP contribution in [0.5, 0.6) is 0 Å². The van der Waals surface area contributed by atoms with Gasteiger partial charge < -0.3 is 0 Å². The first-order chi connectivity index (χ1) is 5.11. The minimum Gasteiger partial charge on any atom is -0.258 e. The zero-order valence-corrected chi connectivity index (χ0v) is 5.87. The molecule has 0 atom stereocenters. The second kappa shape index (κ2) is 2.65. The zero-order valence-electron chi connectivity index (χ0n) is 5.87. The van der Waals surface area contributed by atoms with Crippen LogP contribution in [0, 0.1) is 22.9 Å². The van der Waals surface area contributed by atoms with Crippen molar-refractivity contribution >= 4 is 5.69 Å². The van der Waals surface area contributed by atoms with Gasteiger partial charge in [-0.05, 0) is 19.1 Å². The van der Waals surface area contributed by atoms with Gasteiger partial charge in [-0.25, -0.2) is 4.39 Å². The van der Waals surface area contributed by atoms with E-state index in [1.54, 1.807) is 0 Å². The van der Waals surface area contributed by atoms with Gasteiger partial charge in [-0.3, -0.25) is 10.1 Å². The summed E-state index contributed by atoms with van der Waals surface area (Å²) in [4.78, 5) is 9.68. The molecule has 1 aromatic carbocycles. The van der Waals surface area contributed by atoms with E-state index in [1.807, 2.05) is 0 Å². The van der Waals surface area contributed by atoms with Crippen molar-refractivity contribution in [1.82, 2.24) is 0 Å². The number of aryl methyl sites for hydroxylation is 1. The van der Waals surface area contributed by atoms with Gasteiger partial charge in [0.2, 0.25) is 0 Å². The van der Waals surface area contributed by atoms with E-state index < -0.39 is 10.7 Å². The second-order valence-electron chi connectivity index (χ2n) is 2.19. The van der Waals surface area contributed by atoms with Crippen LogP contribution in [0.15, 0.2) is 18.2 Å². The number of nitro groups is 1. The topological polar surface area (TPSA) is 43.1 Å². The molecule has 0 aliphatic heterocycles. The fraction of sp³-hybridized carbons (Fsp3) is 0.143. The van der Waals surface area contributed by atoms with Crippen molar-refractivity contribution < 1.29 is 9.31 Å². The van der Waals surface area contributed by atoms with E-state index in [0.29, 0.717) is 5.56 Å². The zero-order chi connectivity index (χ0) is 8.43. The smallest absolute Gasteiger partial charge is 0.258 e. The van der Waals surface area contributed by atoms with Gasteiger partial charge in [0.15, 0.2) is 0 Å². The van der Waals surface area contributed by atoms with E-state index in [2.05, 4.69) is 0 Å². The van der Waals surface area contributed by atoms with Crippen LogP contribution in [0.2, 0.25) is 0 Å². The monoisotopic (exact) mass is 154 g/mol. The summed E-state index contributed by atoms with van der Waals surface area (Å²) in [6.45, 7) is 1.50. The van der Waals surface area contributed by atoms with Crippen LogP contribution in [0.1, 0.15) is 5.56 Å². The molecular formula is C7H6FNO2. The Morgan fingerprint density at radius 1 is 1.55 bits per heavy atom. The largest absolute Gasteiger partial charge is 0.272 e. The van der Waals surface area contributed by atoms with E-state index >= 15 is 0 Å². The maximum absolute atomic E-state index is 12.4. The first kappa shape index (κ1) is 7.65. The molecular weight excluding hydrogens is 148 g/mol. The Balaban J connectivity index is 3.20. The molecule has 0 aliphatic carbocycles. The quantitative estimate of drug-likeness (QED) is 0.459. The third-order valence-electron chi connectivity index (χ3n) is 1.36. The summed E-state index contributed by atoms with van der Waals surface area (Å²) < 4.78 is 12.4. The van der Waals surface area contributed by atoms with E-state index in [9.17, 15) is 14.5 Å². The van der Waals surface area contributed by atoms with Gasteiger partial charge in [-0.2, -0.15) is 0 Å². The van der Waals surface area contributed by atoms with Gasteiger partial charge in [-0.15, -0.1) is 0 Å². The normalized spacial score (nSPS) is 9.64. The van der Waals surface area contributed by atoms with E-state index in [1.165, 1.54) is 6.92 Å². The minimum absolute atomic E-state index is 0.0496. The highest BCUT2D eigenvalue weighted by atomic mass is 18.2. The van der Waals surface area contributed by atoms with Crippen LogP contribution in [0.25, 0.3) is 0 Å². The molecule has 0 aliphatic rings. The van der Waals surface area contributed by atoms with Gasteiger partial charge in [0.25, 0.3) is 5.69 Å². The standard InChI is InChI=1S/C7H6FNO2/c1-5-4-6(8)2-3-7(5)9(10)11/h2-4H,1H3/i8-1. The average Bonchev–Trinajstić information content (AvgIpc) is 1.85. The molecule has 3 nitrogen and oxygen atoms in total. The molecule has 0 radical (unpaired) electrons. The molecule has 4 heteroatoms. The van der Waals surface area contributed by atoms with Crippen LogP contribution in [-0.4, -0.2) is 4.92 Å². The van der Waals surface area contributed by atoms with Gasteiger partial charge in [0, 0.05) is 11.6 Å². The van der Waals surface area contributed by atoms with Crippen molar-refractivity contribution in [3.8, 4) is 0 Å². The predicted molar refractivity (Wildman–Crippen MR) is 37.8 cm³/mol. The second-order valence-corrected chi connectivity index (χ2v) is 2.19. The fourth-order valence-electron chi connectivity index (χ4n) is 0.824. The van der Waals surface area contributed by atoms with Gasteiger partial charge >= 0.3 is 0 Å². The van der Waals surface area contributed by atoms with Crippen molar-refractivity contribution in [3.63, 3.8) is 0 Å². The van der Waals surface area contributed by atoms with Crippen molar-refractivity contribution in [2.45, 2.75) is 6.92 Å². The average molecular weight is 154 g/mol. The summed E-state index contributed by atoms with van der Waals surface area (Å²) in [5.74, 6) is -0.451. The molecule has 0 saturated carbocycles. The third-order valence-corrected chi connectivity index (χ3v) is 1.36. The van der Waals surface area contributed by atoms with Crippen molar-refractivity contribution in [3.05, 3.63) is 39.7 Å². The molecule has 0 unspecified atom stereocenters. The molecule has 0 spiro atoms. The highest BCUT2D eigenvalue weighted by Gasteiger charge is 2.09. The number of hydrogen-bond acceptors (Lipinski definition) is 2. The van der Waals surface area contributed by atoms with E-state index in [-0.39, 0.29) is 5.69 Å². The molecule has 11 heavy (non-hydrogen) atoms. The van der Waals surface area contributed by atoms with Crippen molar-refractivity contribution in [1.29, 1.82) is 0 Å². The highest BCUT2D eigenvalue weighted by molar-refractivity contribution is 5.38. The molecule has 0 N–H and O–H groups in total. The van der Waals surface area contributed by atoms with Crippen LogP contribution < -0.4 is 0 Å². The predicted octanol–water partition coefficient (Wildman–Crippen LogP) is 2.04. The third kappa shape index (κ3) is 1.52. The maximum Gasteiger partial charge on any atom is 0.272 e. The minimum atomic E-state index is -0.533. The summed E-state index contributed by atoms with van der Waals surface area (Å²) in [5.41, 5.74) is 0.293. The first-order valence-electron chi connectivity index (χ1n) is 3.02. The van der Waals surface area contributed by atoms with Crippen molar-refractivity contribution in [2.24, 2.45) is 0 Å². The summed E-state index contributed by atoms with van der Waals surface area (Å²) in [6.07, 6.45) is 0. The number of rotatable bonds is 1. The maximum atomic E-state index is 12.4. The molecule has 0 amide bonds. The molecule has 0 aromatic heterocycles. The lowest BCUT2D eigenvalue weighted by Crippen LogP contribution is -1.91. The lowest BCUT2D eigenvalue weighted by molar-refractivity contribution is -0.385. The Morgan fingerprint density at radius 2 is 2.18 bits per heavy atom. The molecule has 0 bridgehead atoms. The first-order valence-corrected chi connectivity index (χ1v) is 3.02. The summed E-state index contributed by atoms with van der Waals surface area (Å²) in [5, 5.41) is 10.2. The Bertz CT molecular complexity index is 298. The number of hydrogen-bond donors (Lipinski definition) is 0. The van der Waals surface area contributed by atoms with Crippen LogP contribution in [-0.2, 0) is 0 Å². The van der Waals surface area contributed by atoms with Gasteiger partial charge in [0.1, 0.15) is 5.82 Å². The fourth-order valence-corrected chi connectivity index (χ4v) is 0.824. The Labute approximate surface area is 62.6 Å². The van der Waals surface area contributed by atoms with Gasteiger partial charge in [-0.1, -0.05) is 0 Å². The van der Waals surface area contributed by atoms with Gasteiger partial charge in [0.05, 0.1) is 4.92 Å². The Morgan fingerprint density at radius 3 is 2.64 bits per heavy atom. The van der Waals surface area contributed by atoms with Crippen LogP contribution >= 0.6 is 0 Å². The van der Waals surface area contributed by atoms with Crippen LogP contribution in [0.3, 0.4) is 0 Å². The van der Waals surface area contributed by atoms with Crippen molar-refractivity contribution in [2.75, 3.05) is 0 Å². The number of nitrogens with zero attached hydrogens (tertiary/aromatic N) is 1. The molecule has 58 valence electrons. The lowest BCUT2D eigenvalue weighted by Gasteiger charge is -1.94. The Hall–Kier alpha value is -1.45. The molecule has 0 fully saturated rings. The van der Waals surface area contributed by atoms with E-state index in [4.69, 9.17) is 0 Å². The SMILES string of the molecule is Cc1cc([18F])ccc1[N+](=O)[O-]. The van der Waals surface area contributed by atoms with Crippen LogP contribution in [0.4, 0.5) is 10.1 Å². The number of nitro benzene ring substituents is 1. The highest BCUT2D eigenvalue weighted by Crippen LogP contribution is 2.17. The summed E-state index contributed by atoms with van der Waals surface area (Å²) >= 11 is 0. The molecule has 1 rings (SSSR count). The number of benzene rings is 1. The van der Waals surface area contributed by atoms with E-state index in [0.717, 1.165) is 18.2 Å². The Kier molecular flexibility index (Phi) is 1.85.